The molecule has 1 aliphatic heterocycles. The van der Waals surface area contributed by atoms with E-state index in [4.69, 9.17) is 20.3 Å². The van der Waals surface area contributed by atoms with Crippen molar-refractivity contribution >= 4 is 5.97 Å². The van der Waals surface area contributed by atoms with Crippen LogP contribution in [0, 0.1) is 0 Å². The quantitative estimate of drug-likeness (QED) is 0.872. The zero-order valence-electron chi connectivity index (χ0n) is 12.2. The average Bonchev–Trinajstić information content (AvgIpc) is 2.42. The highest BCUT2D eigenvalue weighted by atomic mass is 19.1. The van der Waals surface area contributed by atoms with Crippen molar-refractivity contribution in [1.82, 2.24) is 0 Å². The molecule has 0 fully saturated rings. The van der Waals surface area contributed by atoms with E-state index in [1.165, 1.54) is 13.8 Å². The summed E-state index contributed by atoms with van der Waals surface area (Å²) in [7, 11) is 0. The van der Waals surface area contributed by atoms with E-state index in [1.807, 2.05) is 0 Å². The minimum atomic E-state index is -1.54. The lowest BCUT2D eigenvalue weighted by molar-refractivity contribution is -0.137. The summed E-state index contributed by atoms with van der Waals surface area (Å²) < 4.78 is 25.3. The number of carboxylic acids is 1. The number of ether oxygens (including phenoxy) is 2. The van der Waals surface area contributed by atoms with Crippen molar-refractivity contribution in [3.63, 3.8) is 0 Å². The van der Waals surface area contributed by atoms with E-state index in [0.29, 0.717) is 35.8 Å². The van der Waals surface area contributed by atoms with Crippen LogP contribution in [0.3, 0.4) is 0 Å². The molecule has 0 saturated heterocycles. The Morgan fingerprint density at radius 2 is 2.10 bits per heavy atom. The van der Waals surface area contributed by atoms with Crippen LogP contribution in [0.4, 0.5) is 4.39 Å². The Bertz CT molecular complexity index is 539. The van der Waals surface area contributed by atoms with Crippen LogP contribution in [0.1, 0.15) is 43.9 Å². The van der Waals surface area contributed by atoms with Gasteiger partial charge in [0.2, 0.25) is 0 Å². The molecule has 2 rings (SSSR count). The van der Waals surface area contributed by atoms with E-state index >= 15 is 0 Å². The highest BCUT2D eigenvalue weighted by molar-refractivity contribution is 5.66. The first-order chi connectivity index (χ1) is 9.79. The summed E-state index contributed by atoms with van der Waals surface area (Å²) in [5.74, 6) is 0.0378. The third-order valence-corrected chi connectivity index (χ3v) is 3.43. The number of carbonyl (C=O) groups is 1. The number of fused-ring (bicyclic) bond motifs is 1. The molecule has 0 aromatic heterocycles. The summed E-state index contributed by atoms with van der Waals surface area (Å²) in [5.41, 5.74) is 5.54. The van der Waals surface area contributed by atoms with Gasteiger partial charge in [-0.2, -0.15) is 0 Å². The molecule has 0 radical (unpaired) electrons. The monoisotopic (exact) mass is 297 g/mol. The summed E-state index contributed by atoms with van der Waals surface area (Å²) in [6.45, 7) is 3.69. The standard InChI is InChI=1S/C15H20FNO4/c1-15(2,16)9-7-10(11(17)3-4-13(18)19)14-12(8-9)20-5-6-21-14/h7-8,11H,3-6,17H2,1-2H3,(H,18,19). The van der Waals surface area contributed by atoms with Crippen LogP contribution >= 0.6 is 0 Å². The largest absolute Gasteiger partial charge is 0.486 e. The molecule has 0 saturated carbocycles. The number of benzene rings is 1. The van der Waals surface area contributed by atoms with Gasteiger partial charge in [-0.05, 0) is 38.0 Å². The number of alkyl halides is 1. The molecular formula is C15H20FNO4. The second-order valence-corrected chi connectivity index (χ2v) is 5.60. The van der Waals surface area contributed by atoms with Crippen LogP contribution < -0.4 is 15.2 Å². The topological polar surface area (TPSA) is 81.8 Å². The zero-order chi connectivity index (χ0) is 15.6. The zero-order valence-corrected chi connectivity index (χ0v) is 12.2. The lowest BCUT2D eigenvalue weighted by atomic mass is 9.93. The summed E-state index contributed by atoms with van der Waals surface area (Å²) in [6, 6.07) is 2.71. The number of hydrogen-bond acceptors (Lipinski definition) is 4. The molecule has 1 unspecified atom stereocenters. The van der Waals surface area contributed by atoms with Gasteiger partial charge in [0.25, 0.3) is 0 Å². The van der Waals surface area contributed by atoms with Crippen molar-refractivity contribution in [3.8, 4) is 11.5 Å². The predicted molar refractivity (Wildman–Crippen MR) is 75.4 cm³/mol. The summed E-state index contributed by atoms with van der Waals surface area (Å²) in [4.78, 5) is 10.7. The smallest absolute Gasteiger partial charge is 0.303 e. The molecule has 0 spiro atoms. The molecule has 116 valence electrons. The van der Waals surface area contributed by atoms with Crippen LogP contribution in [-0.2, 0) is 10.5 Å². The average molecular weight is 297 g/mol. The van der Waals surface area contributed by atoms with E-state index in [0.717, 1.165) is 0 Å². The first-order valence-corrected chi connectivity index (χ1v) is 6.89. The van der Waals surface area contributed by atoms with Gasteiger partial charge in [0.15, 0.2) is 11.5 Å². The minimum absolute atomic E-state index is 0.0555. The molecule has 1 aliphatic rings. The van der Waals surface area contributed by atoms with Gasteiger partial charge in [0, 0.05) is 18.0 Å². The van der Waals surface area contributed by atoms with Gasteiger partial charge < -0.3 is 20.3 Å². The maximum absolute atomic E-state index is 14.2. The van der Waals surface area contributed by atoms with Crippen LogP contribution in [0.5, 0.6) is 11.5 Å². The van der Waals surface area contributed by atoms with Gasteiger partial charge in [0.05, 0.1) is 0 Å². The van der Waals surface area contributed by atoms with Crippen molar-refractivity contribution in [1.29, 1.82) is 0 Å². The lowest BCUT2D eigenvalue weighted by Gasteiger charge is -2.26. The Labute approximate surface area is 122 Å². The number of carboxylic acid groups (broad SMARTS) is 1. The minimum Gasteiger partial charge on any atom is -0.486 e. The van der Waals surface area contributed by atoms with Crippen molar-refractivity contribution in [2.75, 3.05) is 13.2 Å². The fraction of sp³-hybridized carbons (Fsp3) is 0.533. The molecule has 0 bridgehead atoms. The Kier molecular flexibility index (Phi) is 4.37. The van der Waals surface area contributed by atoms with Crippen LogP contribution in [-0.4, -0.2) is 24.3 Å². The summed E-state index contributed by atoms with van der Waals surface area (Å²) >= 11 is 0. The third kappa shape index (κ3) is 3.64. The maximum Gasteiger partial charge on any atom is 0.303 e. The number of aliphatic carboxylic acids is 1. The first kappa shape index (κ1) is 15.6. The van der Waals surface area contributed by atoms with Gasteiger partial charge in [-0.25, -0.2) is 4.39 Å². The SMILES string of the molecule is CC(C)(F)c1cc2c(c(C(N)CCC(=O)O)c1)OCCO2. The number of nitrogens with two attached hydrogens (primary N) is 1. The molecule has 1 aromatic carbocycles. The Morgan fingerprint density at radius 1 is 1.43 bits per heavy atom. The number of hydrogen-bond donors (Lipinski definition) is 2. The van der Waals surface area contributed by atoms with Crippen LogP contribution in [0.2, 0.25) is 0 Å². The van der Waals surface area contributed by atoms with E-state index in [-0.39, 0.29) is 12.8 Å². The van der Waals surface area contributed by atoms with Crippen molar-refractivity contribution in [2.45, 2.75) is 38.4 Å². The van der Waals surface area contributed by atoms with Gasteiger partial charge in [-0.1, -0.05) is 0 Å². The molecule has 5 nitrogen and oxygen atoms in total. The molecule has 21 heavy (non-hydrogen) atoms. The molecule has 1 atom stereocenters. The summed E-state index contributed by atoms with van der Waals surface area (Å²) in [6.07, 6.45) is 0.196. The highest BCUT2D eigenvalue weighted by Gasteiger charge is 2.27. The fourth-order valence-corrected chi connectivity index (χ4v) is 2.23. The van der Waals surface area contributed by atoms with Gasteiger partial charge >= 0.3 is 5.97 Å². The maximum atomic E-state index is 14.2. The van der Waals surface area contributed by atoms with Crippen LogP contribution in [0.25, 0.3) is 0 Å². The van der Waals surface area contributed by atoms with E-state index in [1.54, 1.807) is 12.1 Å². The number of halogens is 1. The normalized spacial score (nSPS) is 15.6. The molecular weight excluding hydrogens is 277 g/mol. The second kappa shape index (κ2) is 5.89. The molecule has 0 aliphatic carbocycles. The Hall–Kier alpha value is -1.82. The van der Waals surface area contributed by atoms with Gasteiger partial charge in [0.1, 0.15) is 18.9 Å². The predicted octanol–water partition coefficient (Wildman–Crippen LogP) is 2.53. The summed E-state index contributed by atoms with van der Waals surface area (Å²) in [5, 5.41) is 8.76. The van der Waals surface area contributed by atoms with Gasteiger partial charge in [-0.15, -0.1) is 0 Å². The third-order valence-electron chi connectivity index (χ3n) is 3.43. The van der Waals surface area contributed by atoms with E-state index in [2.05, 4.69) is 0 Å². The van der Waals surface area contributed by atoms with Gasteiger partial charge in [-0.3, -0.25) is 4.79 Å². The molecule has 0 amide bonds. The first-order valence-electron chi connectivity index (χ1n) is 6.89. The van der Waals surface area contributed by atoms with Crippen molar-refractivity contribution < 1.29 is 23.8 Å². The number of rotatable bonds is 5. The molecule has 1 aromatic rings. The highest BCUT2D eigenvalue weighted by Crippen LogP contribution is 2.41. The Balaban J connectivity index is 2.39. The second-order valence-electron chi connectivity index (χ2n) is 5.60. The van der Waals surface area contributed by atoms with Crippen molar-refractivity contribution in [2.24, 2.45) is 5.73 Å². The van der Waals surface area contributed by atoms with E-state index in [9.17, 15) is 9.18 Å². The van der Waals surface area contributed by atoms with Crippen LogP contribution in [0.15, 0.2) is 12.1 Å². The molecule has 6 heteroatoms. The lowest BCUT2D eigenvalue weighted by Crippen LogP contribution is -2.22. The fourth-order valence-electron chi connectivity index (χ4n) is 2.23. The Morgan fingerprint density at radius 3 is 2.71 bits per heavy atom. The van der Waals surface area contributed by atoms with Crippen molar-refractivity contribution in [3.05, 3.63) is 23.3 Å². The molecule has 1 heterocycles. The van der Waals surface area contributed by atoms with E-state index < -0.39 is 17.7 Å². The molecule has 3 N–H and O–H groups in total.